The molecule has 3 rings (SSSR count). The highest BCUT2D eigenvalue weighted by molar-refractivity contribution is 7.92. The Morgan fingerprint density at radius 1 is 1.08 bits per heavy atom. The lowest BCUT2D eigenvalue weighted by molar-refractivity contribution is 0.394. The number of halogens is 1. The van der Waals surface area contributed by atoms with Crippen molar-refractivity contribution in [3.05, 3.63) is 59.7 Å². The highest BCUT2D eigenvalue weighted by Gasteiger charge is 2.19. The third-order valence-electron chi connectivity index (χ3n) is 3.36. The first-order chi connectivity index (χ1) is 11.3. The van der Waals surface area contributed by atoms with Gasteiger partial charge in [0, 0.05) is 18.2 Å². The summed E-state index contributed by atoms with van der Waals surface area (Å²) < 4.78 is 45.6. The molecule has 0 atom stereocenters. The van der Waals surface area contributed by atoms with E-state index < -0.39 is 15.8 Å². The fourth-order valence-corrected chi connectivity index (χ4v) is 3.50. The molecule has 0 spiro atoms. The number of hydrogen-bond donors (Lipinski definition) is 1. The van der Waals surface area contributed by atoms with Crippen molar-refractivity contribution >= 4 is 15.7 Å². The Balaban J connectivity index is 1.99. The van der Waals surface area contributed by atoms with Gasteiger partial charge in [-0.3, -0.25) is 4.72 Å². The molecular formula is C16H14FN3O3S. The molecule has 0 aliphatic rings. The Morgan fingerprint density at radius 2 is 1.79 bits per heavy atom. The summed E-state index contributed by atoms with van der Waals surface area (Å²) in [7, 11) is -3.84. The summed E-state index contributed by atoms with van der Waals surface area (Å²) in [6.45, 7) is 3.34. The zero-order valence-electron chi connectivity index (χ0n) is 12.9. The first-order valence-corrected chi connectivity index (χ1v) is 8.53. The average molecular weight is 347 g/mol. The van der Waals surface area contributed by atoms with Crippen molar-refractivity contribution < 1.29 is 17.3 Å². The molecule has 1 aromatic heterocycles. The summed E-state index contributed by atoms with van der Waals surface area (Å²) in [5.41, 5.74) is 1.36. The van der Waals surface area contributed by atoms with Gasteiger partial charge in [0.15, 0.2) is 0 Å². The van der Waals surface area contributed by atoms with Crippen LogP contribution in [0.4, 0.5) is 10.1 Å². The van der Waals surface area contributed by atoms with Gasteiger partial charge in [-0.2, -0.15) is 4.98 Å². The number of rotatable bonds is 4. The number of nitrogens with zero attached hydrogens (tertiary/aromatic N) is 2. The molecule has 1 heterocycles. The molecule has 0 bridgehead atoms. The van der Waals surface area contributed by atoms with Crippen molar-refractivity contribution in [1.29, 1.82) is 0 Å². The number of anilines is 1. The van der Waals surface area contributed by atoms with Gasteiger partial charge in [-0.15, -0.1) is 0 Å². The first-order valence-electron chi connectivity index (χ1n) is 7.05. The summed E-state index contributed by atoms with van der Waals surface area (Å²) in [6, 6.07) is 9.94. The molecule has 0 saturated heterocycles. The van der Waals surface area contributed by atoms with Gasteiger partial charge in [0.2, 0.25) is 11.7 Å². The van der Waals surface area contributed by atoms with Gasteiger partial charge in [-0.05, 0) is 42.8 Å². The van der Waals surface area contributed by atoms with Crippen LogP contribution in [0.1, 0.15) is 11.5 Å². The number of sulfonamides is 1. The van der Waals surface area contributed by atoms with Crippen LogP contribution in [0.2, 0.25) is 0 Å². The van der Waals surface area contributed by atoms with Crippen molar-refractivity contribution in [2.75, 3.05) is 4.72 Å². The first kappa shape index (κ1) is 16.1. The lowest BCUT2D eigenvalue weighted by Crippen LogP contribution is -2.14. The highest BCUT2D eigenvalue weighted by Crippen LogP contribution is 2.25. The van der Waals surface area contributed by atoms with Crippen LogP contribution in [-0.4, -0.2) is 18.6 Å². The van der Waals surface area contributed by atoms with E-state index in [-0.39, 0.29) is 10.6 Å². The largest absolute Gasteiger partial charge is 0.339 e. The highest BCUT2D eigenvalue weighted by atomic mass is 32.2. The molecule has 2 aromatic carbocycles. The Morgan fingerprint density at radius 3 is 2.42 bits per heavy atom. The zero-order valence-corrected chi connectivity index (χ0v) is 13.8. The minimum atomic E-state index is -3.84. The Labute approximate surface area is 138 Å². The molecule has 0 unspecified atom stereocenters. The molecule has 0 saturated carbocycles. The second-order valence-corrected chi connectivity index (χ2v) is 6.88. The second kappa shape index (κ2) is 6.04. The van der Waals surface area contributed by atoms with E-state index in [1.54, 1.807) is 26.0 Å². The smallest absolute Gasteiger partial charge is 0.262 e. The van der Waals surface area contributed by atoms with Crippen LogP contribution in [-0.2, 0) is 10.0 Å². The molecule has 0 aliphatic carbocycles. The van der Waals surface area contributed by atoms with E-state index in [9.17, 15) is 12.8 Å². The Bertz CT molecular complexity index is 982. The number of benzene rings is 2. The van der Waals surface area contributed by atoms with Crippen molar-refractivity contribution in [3.8, 4) is 11.4 Å². The van der Waals surface area contributed by atoms with Crippen molar-refractivity contribution in [2.24, 2.45) is 0 Å². The van der Waals surface area contributed by atoms with Gasteiger partial charge in [0.25, 0.3) is 10.0 Å². The van der Waals surface area contributed by atoms with E-state index in [1.807, 2.05) is 0 Å². The van der Waals surface area contributed by atoms with Crippen molar-refractivity contribution in [1.82, 2.24) is 10.1 Å². The summed E-state index contributed by atoms with van der Waals surface area (Å²) >= 11 is 0. The van der Waals surface area contributed by atoms with Crippen LogP contribution in [0, 0.1) is 19.7 Å². The molecular weight excluding hydrogens is 333 g/mol. The van der Waals surface area contributed by atoms with E-state index in [1.165, 1.54) is 30.3 Å². The predicted octanol–water partition coefficient (Wildman–Crippen LogP) is 3.29. The van der Waals surface area contributed by atoms with Crippen LogP contribution in [0.3, 0.4) is 0 Å². The van der Waals surface area contributed by atoms with Crippen LogP contribution in [0.15, 0.2) is 51.9 Å². The molecule has 0 fully saturated rings. The maximum Gasteiger partial charge on any atom is 0.262 e. The van der Waals surface area contributed by atoms with Gasteiger partial charge in [-0.1, -0.05) is 17.3 Å². The summed E-state index contributed by atoms with van der Waals surface area (Å²) in [5, 5.41) is 3.79. The number of hydrogen-bond acceptors (Lipinski definition) is 5. The zero-order chi connectivity index (χ0) is 17.3. The van der Waals surface area contributed by atoms with Crippen molar-refractivity contribution in [3.63, 3.8) is 0 Å². The summed E-state index contributed by atoms with van der Waals surface area (Å²) in [6.07, 6.45) is 0. The minimum absolute atomic E-state index is 0.0896. The average Bonchev–Trinajstić information content (AvgIpc) is 2.96. The standard InChI is InChI=1S/C16H14FN3O3S/c1-10-3-4-12(16-18-11(2)23-19-16)9-15(10)24(21,22)20-14-7-5-13(17)6-8-14/h3-9,20H,1-2H3. The predicted molar refractivity (Wildman–Crippen MR) is 86.4 cm³/mol. The molecule has 124 valence electrons. The molecule has 8 heteroatoms. The van der Waals surface area contributed by atoms with Crippen molar-refractivity contribution in [2.45, 2.75) is 18.7 Å². The fourth-order valence-electron chi connectivity index (χ4n) is 2.17. The molecule has 0 amide bonds. The quantitative estimate of drug-likeness (QED) is 0.783. The third-order valence-corrected chi connectivity index (χ3v) is 4.88. The fraction of sp³-hybridized carbons (Fsp3) is 0.125. The summed E-state index contributed by atoms with van der Waals surface area (Å²) in [5.74, 6) is 0.258. The van der Waals surface area contributed by atoms with Crippen LogP contribution in [0.25, 0.3) is 11.4 Å². The van der Waals surface area contributed by atoms with Crippen LogP contribution < -0.4 is 4.72 Å². The maximum atomic E-state index is 12.9. The van der Waals surface area contributed by atoms with Gasteiger partial charge >= 0.3 is 0 Å². The molecule has 0 aliphatic heterocycles. The summed E-state index contributed by atoms with van der Waals surface area (Å²) in [4.78, 5) is 4.18. The van der Waals surface area contributed by atoms with Crippen LogP contribution in [0.5, 0.6) is 0 Å². The van der Waals surface area contributed by atoms with Gasteiger partial charge in [0.1, 0.15) is 5.82 Å². The maximum absolute atomic E-state index is 12.9. The van der Waals surface area contributed by atoms with Gasteiger partial charge < -0.3 is 4.52 Å². The lowest BCUT2D eigenvalue weighted by atomic mass is 10.1. The lowest BCUT2D eigenvalue weighted by Gasteiger charge is -2.11. The molecule has 0 radical (unpaired) electrons. The SMILES string of the molecule is Cc1nc(-c2ccc(C)c(S(=O)(=O)Nc3ccc(F)cc3)c2)no1. The van der Waals surface area contributed by atoms with E-state index in [2.05, 4.69) is 14.9 Å². The molecule has 1 N–H and O–H groups in total. The Kier molecular flexibility index (Phi) is 4.06. The van der Waals surface area contributed by atoms with Crippen LogP contribution >= 0.6 is 0 Å². The topological polar surface area (TPSA) is 85.1 Å². The molecule has 6 nitrogen and oxygen atoms in total. The van der Waals surface area contributed by atoms with E-state index in [4.69, 9.17) is 4.52 Å². The third kappa shape index (κ3) is 3.28. The van der Waals surface area contributed by atoms with E-state index in [0.717, 1.165) is 0 Å². The monoisotopic (exact) mass is 347 g/mol. The van der Waals surface area contributed by atoms with Gasteiger partial charge in [0.05, 0.1) is 4.90 Å². The van der Waals surface area contributed by atoms with E-state index in [0.29, 0.717) is 22.8 Å². The number of nitrogens with one attached hydrogen (secondary N) is 1. The second-order valence-electron chi connectivity index (χ2n) is 5.23. The number of aromatic nitrogens is 2. The molecule has 3 aromatic rings. The normalized spacial score (nSPS) is 11.5. The molecule has 24 heavy (non-hydrogen) atoms. The minimum Gasteiger partial charge on any atom is -0.339 e. The van der Waals surface area contributed by atoms with Gasteiger partial charge in [-0.25, -0.2) is 12.8 Å². The number of aryl methyl sites for hydroxylation is 2. The van der Waals surface area contributed by atoms with E-state index >= 15 is 0 Å². The Hall–Kier alpha value is -2.74.